The lowest BCUT2D eigenvalue weighted by atomic mass is 9.88. The SMILES string of the molecule is CCOC(=O)c1c(NC(=O)CN2CCCCC2)sc2c1CCC(C)C2. The maximum Gasteiger partial charge on any atom is 0.341 e. The molecule has 1 atom stereocenters. The zero-order chi connectivity index (χ0) is 17.8. The monoisotopic (exact) mass is 364 g/mol. The lowest BCUT2D eigenvalue weighted by Crippen LogP contribution is -2.36. The van der Waals surface area contributed by atoms with E-state index in [1.54, 1.807) is 11.3 Å². The molecule has 1 amide bonds. The van der Waals surface area contributed by atoms with Crippen LogP contribution in [0.5, 0.6) is 0 Å². The van der Waals surface area contributed by atoms with Crippen LogP contribution in [0.25, 0.3) is 0 Å². The van der Waals surface area contributed by atoms with Gasteiger partial charge in [-0.15, -0.1) is 11.3 Å². The van der Waals surface area contributed by atoms with Gasteiger partial charge in [-0.05, 0) is 63.6 Å². The molecular weight excluding hydrogens is 336 g/mol. The standard InChI is InChI=1S/C19H28N2O3S/c1-3-24-19(23)17-14-8-7-13(2)11-15(14)25-18(17)20-16(22)12-21-9-5-4-6-10-21/h13H,3-12H2,1-2H3,(H,20,22). The second-order valence-corrected chi connectivity index (χ2v) is 8.27. The highest BCUT2D eigenvalue weighted by Crippen LogP contribution is 2.40. The van der Waals surface area contributed by atoms with E-state index in [9.17, 15) is 9.59 Å². The number of fused-ring (bicyclic) bond motifs is 1. The molecule has 2 heterocycles. The Morgan fingerprint density at radius 3 is 2.76 bits per heavy atom. The van der Waals surface area contributed by atoms with Gasteiger partial charge in [0.1, 0.15) is 5.00 Å². The molecule has 1 aliphatic heterocycles. The number of ether oxygens (including phenoxy) is 1. The molecule has 0 radical (unpaired) electrons. The molecule has 1 unspecified atom stereocenters. The number of carbonyl (C=O) groups is 2. The molecule has 1 aromatic rings. The first-order valence-corrected chi connectivity index (χ1v) is 10.2. The Hall–Kier alpha value is -1.40. The van der Waals surface area contributed by atoms with E-state index < -0.39 is 0 Å². The molecule has 6 heteroatoms. The van der Waals surface area contributed by atoms with E-state index in [1.165, 1.54) is 11.3 Å². The van der Waals surface area contributed by atoms with E-state index in [1.807, 2.05) is 6.92 Å². The molecular formula is C19H28N2O3S. The number of nitrogens with one attached hydrogen (secondary N) is 1. The van der Waals surface area contributed by atoms with Gasteiger partial charge in [0, 0.05) is 4.88 Å². The van der Waals surface area contributed by atoms with Crippen molar-refractivity contribution in [2.24, 2.45) is 5.92 Å². The summed E-state index contributed by atoms with van der Waals surface area (Å²) >= 11 is 1.56. The van der Waals surface area contributed by atoms with Crippen LogP contribution in [-0.4, -0.2) is 43.0 Å². The number of amides is 1. The van der Waals surface area contributed by atoms with Gasteiger partial charge >= 0.3 is 5.97 Å². The summed E-state index contributed by atoms with van der Waals surface area (Å²) in [5.74, 6) is 0.292. The molecule has 25 heavy (non-hydrogen) atoms. The second kappa shape index (κ2) is 8.32. The minimum atomic E-state index is -0.303. The smallest absolute Gasteiger partial charge is 0.341 e. The van der Waals surface area contributed by atoms with Crippen LogP contribution in [0.15, 0.2) is 0 Å². The van der Waals surface area contributed by atoms with Crippen LogP contribution in [0.2, 0.25) is 0 Å². The normalized spacial score (nSPS) is 20.8. The molecule has 1 aliphatic carbocycles. The van der Waals surface area contributed by atoms with Crippen LogP contribution in [0.3, 0.4) is 0 Å². The predicted molar refractivity (Wildman–Crippen MR) is 100 cm³/mol. The molecule has 0 spiro atoms. The van der Waals surface area contributed by atoms with E-state index in [-0.39, 0.29) is 11.9 Å². The number of piperidine rings is 1. The van der Waals surface area contributed by atoms with Crippen molar-refractivity contribution < 1.29 is 14.3 Å². The summed E-state index contributed by atoms with van der Waals surface area (Å²) in [6, 6.07) is 0. The van der Waals surface area contributed by atoms with Crippen molar-refractivity contribution in [3.63, 3.8) is 0 Å². The minimum absolute atomic E-state index is 0.0286. The third-order valence-electron chi connectivity index (χ3n) is 5.06. The maximum absolute atomic E-state index is 12.5. The lowest BCUT2D eigenvalue weighted by Gasteiger charge is -2.25. The van der Waals surface area contributed by atoms with Crippen LogP contribution >= 0.6 is 11.3 Å². The first-order valence-electron chi connectivity index (χ1n) is 9.42. The van der Waals surface area contributed by atoms with Gasteiger partial charge in [0.05, 0.1) is 18.7 Å². The predicted octanol–water partition coefficient (Wildman–Crippen LogP) is 3.47. The zero-order valence-corrected chi connectivity index (χ0v) is 16.0. The highest BCUT2D eigenvalue weighted by molar-refractivity contribution is 7.17. The topological polar surface area (TPSA) is 58.6 Å². The third kappa shape index (κ3) is 4.42. The van der Waals surface area contributed by atoms with Gasteiger partial charge in [0.25, 0.3) is 0 Å². The van der Waals surface area contributed by atoms with E-state index in [0.717, 1.165) is 50.8 Å². The maximum atomic E-state index is 12.5. The molecule has 0 bridgehead atoms. The summed E-state index contributed by atoms with van der Waals surface area (Å²) in [6.45, 7) is 6.77. The van der Waals surface area contributed by atoms with E-state index in [2.05, 4.69) is 17.1 Å². The summed E-state index contributed by atoms with van der Waals surface area (Å²) in [5, 5.41) is 3.69. The van der Waals surface area contributed by atoms with Crippen LogP contribution in [0.4, 0.5) is 5.00 Å². The van der Waals surface area contributed by atoms with Gasteiger partial charge in [0.2, 0.25) is 5.91 Å². The average Bonchev–Trinajstić information content (AvgIpc) is 2.92. The van der Waals surface area contributed by atoms with E-state index in [0.29, 0.717) is 29.6 Å². The van der Waals surface area contributed by atoms with Crippen LogP contribution < -0.4 is 5.32 Å². The van der Waals surface area contributed by atoms with Gasteiger partial charge < -0.3 is 10.1 Å². The number of rotatable bonds is 5. The number of hydrogen-bond acceptors (Lipinski definition) is 5. The van der Waals surface area contributed by atoms with Crippen molar-refractivity contribution in [3.8, 4) is 0 Å². The fourth-order valence-electron chi connectivity index (χ4n) is 3.74. The van der Waals surface area contributed by atoms with Gasteiger partial charge in [0.15, 0.2) is 0 Å². The van der Waals surface area contributed by atoms with Crippen LogP contribution in [0.1, 0.15) is 60.3 Å². The average molecular weight is 365 g/mol. The Morgan fingerprint density at radius 1 is 1.28 bits per heavy atom. The molecule has 0 aromatic carbocycles. The van der Waals surface area contributed by atoms with Crippen molar-refractivity contribution in [3.05, 3.63) is 16.0 Å². The Kier molecular flexibility index (Phi) is 6.12. The van der Waals surface area contributed by atoms with Gasteiger partial charge in [-0.25, -0.2) is 4.79 Å². The van der Waals surface area contributed by atoms with Gasteiger partial charge in [-0.3, -0.25) is 9.69 Å². The zero-order valence-electron chi connectivity index (χ0n) is 15.2. The first-order chi connectivity index (χ1) is 12.1. The number of hydrogen-bond donors (Lipinski definition) is 1. The number of thiophene rings is 1. The third-order valence-corrected chi connectivity index (χ3v) is 6.23. The van der Waals surface area contributed by atoms with Gasteiger partial charge in [-0.2, -0.15) is 0 Å². The molecule has 1 fully saturated rings. The molecule has 1 aromatic heterocycles. The highest BCUT2D eigenvalue weighted by Gasteiger charge is 2.29. The molecule has 2 aliphatic rings. The Morgan fingerprint density at radius 2 is 2.04 bits per heavy atom. The summed E-state index contributed by atoms with van der Waals surface area (Å²) < 4.78 is 5.26. The van der Waals surface area contributed by atoms with E-state index in [4.69, 9.17) is 4.74 Å². The first kappa shape index (κ1) is 18.4. The van der Waals surface area contributed by atoms with Crippen molar-refractivity contribution >= 4 is 28.2 Å². The number of nitrogens with zero attached hydrogens (tertiary/aromatic N) is 1. The van der Waals surface area contributed by atoms with Crippen molar-refractivity contribution in [1.82, 2.24) is 4.90 Å². The number of carbonyl (C=O) groups excluding carboxylic acids is 2. The molecule has 1 saturated heterocycles. The Labute approximate surface area is 153 Å². The molecule has 5 nitrogen and oxygen atoms in total. The Bertz CT molecular complexity index is 635. The van der Waals surface area contributed by atoms with E-state index >= 15 is 0 Å². The quantitative estimate of drug-likeness (QED) is 0.813. The molecule has 3 rings (SSSR count). The summed E-state index contributed by atoms with van der Waals surface area (Å²) in [5.41, 5.74) is 1.69. The van der Waals surface area contributed by atoms with Crippen LogP contribution in [-0.2, 0) is 22.4 Å². The van der Waals surface area contributed by atoms with Crippen LogP contribution in [0, 0.1) is 5.92 Å². The fourth-order valence-corrected chi connectivity index (χ4v) is 5.16. The molecule has 138 valence electrons. The summed E-state index contributed by atoms with van der Waals surface area (Å²) in [7, 11) is 0. The second-order valence-electron chi connectivity index (χ2n) is 7.16. The lowest BCUT2D eigenvalue weighted by molar-refractivity contribution is -0.117. The number of likely N-dealkylation sites (tertiary alicyclic amines) is 1. The van der Waals surface area contributed by atoms with Gasteiger partial charge in [-0.1, -0.05) is 13.3 Å². The number of esters is 1. The van der Waals surface area contributed by atoms with Crippen molar-refractivity contribution in [2.75, 3.05) is 31.6 Å². The minimum Gasteiger partial charge on any atom is -0.462 e. The summed E-state index contributed by atoms with van der Waals surface area (Å²) in [4.78, 5) is 28.4. The fraction of sp³-hybridized carbons (Fsp3) is 0.684. The highest BCUT2D eigenvalue weighted by atomic mass is 32.1. The Balaban J connectivity index is 1.77. The molecule has 0 saturated carbocycles. The van der Waals surface area contributed by atoms with Crippen molar-refractivity contribution in [1.29, 1.82) is 0 Å². The summed E-state index contributed by atoms with van der Waals surface area (Å²) in [6.07, 6.45) is 6.52. The largest absolute Gasteiger partial charge is 0.462 e. The van der Waals surface area contributed by atoms with Crippen molar-refractivity contribution in [2.45, 2.75) is 52.4 Å². The molecule has 1 N–H and O–H groups in total. The number of anilines is 1.